The molecule has 0 aromatic rings. The van der Waals surface area contributed by atoms with E-state index in [-0.39, 0.29) is 53.9 Å². The topological polar surface area (TPSA) is 90.5 Å². The predicted molar refractivity (Wildman–Crippen MR) is 158 cm³/mol. The van der Waals surface area contributed by atoms with E-state index < -0.39 is 0 Å². The van der Waals surface area contributed by atoms with Gasteiger partial charge in [0, 0.05) is 32.8 Å². The van der Waals surface area contributed by atoms with Crippen LogP contribution in [0, 0.1) is 10.8 Å². The molecule has 2 aliphatic rings. The van der Waals surface area contributed by atoms with Crippen molar-refractivity contribution in [1.29, 1.82) is 0 Å². The van der Waals surface area contributed by atoms with Crippen LogP contribution in [0.1, 0.15) is 113 Å². The van der Waals surface area contributed by atoms with Crippen LogP contribution in [0.5, 0.6) is 0 Å². The summed E-state index contributed by atoms with van der Waals surface area (Å²) in [6, 6.07) is -0.300. The van der Waals surface area contributed by atoms with E-state index in [0.29, 0.717) is 26.2 Å². The highest BCUT2D eigenvalue weighted by atomic mass is 16.5. The van der Waals surface area contributed by atoms with Crippen molar-refractivity contribution < 1.29 is 23.9 Å². The number of nitrogens with zero attached hydrogens (tertiary/aromatic N) is 4. The molecule has 0 N–H and O–H groups in total. The van der Waals surface area contributed by atoms with Gasteiger partial charge in [0.2, 0.25) is 11.8 Å². The number of urea groups is 2. The lowest BCUT2D eigenvalue weighted by Crippen LogP contribution is -2.36. The molecule has 2 heterocycles. The molecule has 230 valence electrons. The molecule has 0 radical (unpaired) electrons. The largest absolute Gasteiger partial charge is 0.378 e. The standard InChI is InChI=1S/C31H56N4O5/c1-8-16-25(31(6,7)19-15-21-35-27(37)24-33(10-3)29(35)39)40-22-14-12-18-30(4,5)17-11-13-20-34-26(36)23-32(9-2)28(34)38/h25H,8-24H2,1-7H3. The van der Waals surface area contributed by atoms with Gasteiger partial charge in [0.25, 0.3) is 0 Å². The molecule has 2 fully saturated rings. The van der Waals surface area contributed by atoms with Crippen molar-refractivity contribution in [2.24, 2.45) is 10.8 Å². The van der Waals surface area contributed by atoms with Crippen LogP contribution in [-0.4, -0.2) is 95.5 Å². The molecule has 2 rings (SSSR count). The molecule has 40 heavy (non-hydrogen) atoms. The molecule has 0 aliphatic carbocycles. The van der Waals surface area contributed by atoms with Gasteiger partial charge < -0.3 is 14.5 Å². The second kappa shape index (κ2) is 15.7. The van der Waals surface area contributed by atoms with Crippen molar-refractivity contribution >= 4 is 23.9 Å². The van der Waals surface area contributed by atoms with Gasteiger partial charge in [0.15, 0.2) is 0 Å². The first-order valence-electron chi connectivity index (χ1n) is 15.7. The van der Waals surface area contributed by atoms with E-state index in [1.807, 2.05) is 13.8 Å². The zero-order valence-electron chi connectivity index (χ0n) is 26.4. The van der Waals surface area contributed by atoms with E-state index in [2.05, 4.69) is 34.6 Å². The summed E-state index contributed by atoms with van der Waals surface area (Å²) in [4.78, 5) is 54.9. The Labute approximate surface area is 242 Å². The third kappa shape index (κ3) is 9.74. The van der Waals surface area contributed by atoms with Crippen LogP contribution in [-0.2, 0) is 14.3 Å². The first kappa shape index (κ1) is 34.0. The highest BCUT2D eigenvalue weighted by Crippen LogP contribution is 2.33. The molecule has 0 aromatic carbocycles. The number of hydrogen-bond acceptors (Lipinski definition) is 5. The van der Waals surface area contributed by atoms with Crippen molar-refractivity contribution in [1.82, 2.24) is 19.6 Å². The normalized spacial score (nSPS) is 17.7. The van der Waals surface area contributed by atoms with E-state index >= 15 is 0 Å². The van der Waals surface area contributed by atoms with Gasteiger partial charge in [-0.25, -0.2) is 9.59 Å². The van der Waals surface area contributed by atoms with Crippen LogP contribution in [0.15, 0.2) is 0 Å². The molecule has 2 saturated heterocycles. The molecular weight excluding hydrogens is 508 g/mol. The van der Waals surface area contributed by atoms with Gasteiger partial charge >= 0.3 is 12.1 Å². The number of likely N-dealkylation sites (N-methyl/N-ethyl adjacent to an activating group) is 2. The maximum atomic E-state index is 12.4. The van der Waals surface area contributed by atoms with Gasteiger partial charge in [-0.15, -0.1) is 0 Å². The minimum absolute atomic E-state index is 0.0300. The fourth-order valence-corrected chi connectivity index (χ4v) is 5.87. The lowest BCUT2D eigenvalue weighted by atomic mass is 9.80. The Morgan fingerprint density at radius 3 is 1.68 bits per heavy atom. The van der Waals surface area contributed by atoms with E-state index in [1.165, 1.54) is 9.80 Å². The van der Waals surface area contributed by atoms with Gasteiger partial charge in [0.1, 0.15) is 13.1 Å². The van der Waals surface area contributed by atoms with Gasteiger partial charge in [-0.3, -0.25) is 19.4 Å². The van der Waals surface area contributed by atoms with Crippen LogP contribution in [0.3, 0.4) is 0 Å². The monoisotopic (exact) mass is 564 g/mol. The Morgan fingerprint density at radius 1 is 0.700 bits per heavy atom. The van der Waals surface area contributed by atoms with E-state index in [4.69, 9.17) is 4.74 Å². The minimum Gasteiger partial charge on any atom is -0.378 e. The number of carbonyl (C=O) groups is 4. The van der Waals surface area contributed by atoms with E-state index in [0.717, 1.165) is 70.8 Å². The summed E-state index contributed by atoms with van der Waals surface area (Å²) in [5.74, 6) is -0.162. The van der Waals surface area contributed by atoms with Gasteiger partial charge in [-0.05, 0) is 69.6 Å². The molecule has 9 nitrogen and oxygen atoms in total. The Balaban J connectivity index is 1.66. The van der Waals surface area contributed by atoms with Crippen LogP contribution >= 0.6 is 0 Å². The van der Waals surface area contributed by atoms with E-state index in [1.54, 1.807) is 9.80 Å². The zero-order valence-corrected chi connectivity index (χ0v) is 26.4. The molecule has 2 aliphatic heterocycles. The second-order valence-electron chi connectivity index (χ2n) is 13.0. The molecular formula is C31H56N4O5. The van der Waals surface area contributed by atoms with Crippen LogP contribution in [0.2, 0.25) is 0 Å². The molecule has 1 unspecified atom stereocenters. The first-order valence-corrected chi connectivity index (χ1v) is 15.7. The lowest BCUT2D eigenvalue weighted by molar-refractivity contribution is -0.126. The molecule has 9 heteroatoms. The van der Waals surface area contributed by atoms with Gasteiger partial charge in [0.05, 0.1) is 6.10 Å². The van der Waals surface area contributed by atoms with Crippen molar-refractivity contribution in [2.45, 2.75) is 119 Å². The summed E-state index contributed by atoms with van der Waals surface area (Å²) in [6.45, 7) is 18.4. The molecule has 0 bridgehead atoms. The number of amides is 6. The highest BCUT2D eigenvalue weighted by molar-refractivity contribution is 6.02. The third-order valence-corrected chi connectivity index (χ3v) is 8.70. The average Bonchev–Trinajstić information content (AvgIpc) is 3.33. The summed E-state index contributed by atoms with van der Waals surface area (Å²) in [5, 5.41) is 0. The predicted octanol–water partition coefficient (Wildman–Crippen LogP) is 5.91. The maximum Gasteiger partial charge on any atom is 0.327 e. The number of ether oxygens (including phenoxy) is 1. The third-order valence-electron chi connectivity index (χ3n) is 8.70. The summed E-state index contributed by atoms with van der Waals surface area (Å²) in [5.41, 5.74) is 0.187. The van der Waals surface area contributed by atoms with Crippen molar-refractivity contribution in [2.75, 3.05) is 45.9 Å². The summed E-state index contributed by atoms with van der Waals surface area (Å²) in [7, 11) is 0. The number of imide groups is 2. The quantitative estimate of drug-likeness (QED) is 0.135. The molecule has 6 amide bonds. The SMILES string of the molecule is CCCC(OCCCCC(C)(C)CCCCN1C(=O)CN(CC)C1=O)C(C)(C)CCCN1C(=O)CN(CC)C1=O. The average molecular weight is 565 g/mol. The Bertz CT molecular complexity index is 859. The van der Waals surface area contributed by atoms with Crippen molar-refractivity contribution in [3.63, 3.8) is 0 Å². The highest BCUT2D eigenvalue weighted by Gasteiger charge is 2.36. The second-order valence-corrected chi connectivity index (χ2v) is 13.0. The van der Waals surface area contributed by atoms with Crippen molar-refractivity contribution in [3.8, 4) is 0 Å². The molecule has 0 saturated carbocycles. The summed E-state index contributed by atoms with van der Waals surface area (Å²) < 4.78 is 6.43. The smallest absolute Gasteiger partial charge is 0.327 e. The van der Waals surface area contributed by atoms with Crippen molar-refractivity contribution in [3.05, 3.63) is 0 Å². The first-order chi connectivity index (χ1) is 18.9. The Hall–Kier alpha value is -2.16. The molecule has 1 atom stereocenters. The van der Waals surface area contributed by atoms with Gasteiger partial charge in [-0.2, -0.15) is 0 Å². The number of hydrogen-bond donors (Lipinski definition) is 0. The number of rotatable bonds is 20. The Kier molecular flexibility index (Phi) is 13.4. The van der Waals surface area contributed by atoms with Crippen LogP contribution in [0.25, 0.3) is 0 Å². The zero-order chi connectivity index (χ0) is 29.9. The number of unbranched alkanes of at least 4 members (excludes halogenated alkanes) is 2. The Morgan fingerprint density at radius 2 is 1.20 bits per heavy atom. The van der Waals surface area contributed by atoms with Crippen LogP contribution in [0.4, 0.5) is 9.59 Å². The molecule has 0 spiro atoms. The summed E-state index contributed by atoms with van der Waals surface area (Å²) in [6.07, 6.45) is 10.1. The number of carbonyl (C=O) groups excluding carboxylic acids is 4. The fraction of sp³-hybridized carbons (Fsp3) is 0.871. The fourth-order valence-electron chi connectivity index (χ4n) is 5.87. The maximum absolute atomic E-state index is 12.4. The lowest BCUT2D eigenvalue weighted by Gasteiger charge is -2.35. The van der Waals surface area contributed by atoms with Crippen LogP contribution < -0.4 is 0 Å². The molecule has 0 aromatic heterocycles. The summed E-state index contributed by atoms with van der Waals surface area (Å²) >= 11 is 0. The van der Waals surface area contributed by atoms with E-state index in [9.17, 15) is 19.2 Å². The minimum atomic E-state index is -0.158. The van der Waals surface area contributed by atoms with Gasteiger partial charge in [-0.1, -0.05) is 53.9 Å².